The molecule has 0 spiro atoms. The SMILES string of the molecule is Cc1cc(Nc2cc(C)[nH]n2)nc(-c2ccc(C(=O)N[C@H](C)c3ccccc3)nc2)n1. The van der Waals surface area contributed by atoms with E-state index in [0.29, 0.717) is 23.2 Å². The topological polar surface area (TPSA) is 108 Å². The Hall–Kier alpha value is -4.07. The largest absolute Gasteiger partial charge is 0.344 e. The smallest absolute Gasteiger partial charge is 0.270 e. The van der Waals surface area contributed by atoms with Crippen LogP contribution in [0.15, 0.2) is 60.8 Å². The Balaban J connectivity index is 1.49. The van der Waals surface area contributed by atoms with Crippen molar-refractivity contribution in [3.8, 4) is 11.4 Å². The lowest BCUT2D eigenvalue weighted by atomic mass is 10.1. The molecule has 0 bridgehead atoms. The number of pyridine rings is 1. The van der Waals surface area contributed by atoms with E-state index < -0.39 is 0 Å². The number of carbonyl (C=O) groups excluding carboxylic acids is 1. The zero-order valence-corrected chi connectivity index (χ0v) is 17.5. The number of aromatic nitrogens is 5. The second-order valence-corrected chi connectivity index (χ2v) is 7.32. The number of benzene rings is 1. The van der Waals surface area contributed by atoms with E-state index in [1.807, 2.05) is 63.2 Å². The fourth-order valence-corrected chi connectivity index (χ4v) is 3.13. The zero-order valence-electron chi connectivity index (χ0n) is 17.5. The van der Waals surface area contributed by atoms with Gasteiger partial charge < -0.3 is 10.6 Å². The minimum atomic E-state index is -0.232. The molecule has 156 valence electrons. The van der Waals surface area contributed by atoms with E-state index in [1.165, 1.54) is 0 Å². The molecule has 0 radical (unpaired) electrons. The van der Waals surface area contributed by atoms with Crippen molar-refractivity contribution in [2.75, 3.05) is 5.32 Å². The number of hydrogen-bond acceptors (Lipinski definition) is 6. The first kappa shape index (κ1) is 20.2. The van der Waals surface area contributed by atoms with Crippen LogP contribution in [0.3, 0.4) is 0 Å². The van der Waals surface area contributed by atoms with Crippen LogP contribution < -0.4 is 10.6 Å². The van der Waals surface area contributed by atoms with Gasteiger partial charge in [-0.1, -0.05) is 30.3 Å². The van der Waals surface area contributed by atoms with Gasteiger partial charge in [0.2, 0.25) is 0 Å². The Bertz CT molecular complexity index is 1190. The molecule has 0 saturated carbocycles. The van der Waals surface area contributed by atoms with Gasteiger partial charge in [0, 0.05) is 35.3 Å². The van der Waals surface area contributed by atoms with Gasteiger partial charge >= 0.3 is 0 Å². The van der Waals surface area contributed by atoms with E-state index >= 15 is 0 Å². The van der Waals surface area contributed by atoms with Gasteiger partial charge in [0.15, 0.2) is 11.6 Å². The van der Waals surface area contributed by atoms with Gasteiger partial charge in [0.1, 0.15) is 11.5 Å². The summed E-state index contributed by atoms with van der Waals surface area (Å²) in [5, 5.41) is 13.2. The number of H-pyrrole nitrogens is 1. The zero-order chi connectivity index (χ0) is 21.8. The number of amides is 1. The summed E-state index contributed by atoms with van der Waals surface area (Å²) < 4.78 is 0. The van der Waals surface area contributed by atoms with Crippen LogP contribution in [0.2, 0.25) is 0 Å². The van der Waals surface area contributed by atoms with Crippen LogP contribution in [-0.4, -0.2) is 31.1 Å². The van der Waals surface area contributed by atoms with Crippen molar-refractivity contribution in [1.29, 1.82) is 0 Å². The summed E-state index contributed by atoms with van der Waals surface area (Å²) in [6.45, 7) is 5.77. The third-order valence-electron chi connectivity index (χ3n) is 4.72. The normalized spacial score (nSPS) is 11.7. The second-order valence-electron chi connectivity index (χ2n) is 7.32. The van der Waals surface area contributed by atoms with Crippen LogP contribution >= 0.6 is 0 Å². The van der Waals surface area contributed by atoms with Crippen LogP contribution in [0.1, 0.15) is 40.4 Å². The first-order valence-corrected chi connectivity index (χ1v) is 9.95. The Kier molecular flexibility index (Phi) is 5.70. The van der Waals surface area contributed by atoms with Crippen molar-refractivity contribution < 1.29 is 4.79 Å². The monoisotopic (exact) mass is 413 g/mol. The van der Waals surface area contributed by atoms with E-state index in [0.717, 1.165) is 22.5 Å². The molecule has 0 aliphatic rings. The van der Waals surface area contributed by atoms with Crippen LogP contribution in [0.4, 0.5) is 11.6 Å². The van der Waals surface area contributed by atoms with E-state index in [4.69, 9.17) is 0 Å². The van der Waals surface area contributed by atoms with E-state index in [1.54, 1.807) is 18.3 Å². The van der Waals surface area contributed by atoms with E-state index in [9.17, 15) is 4.79 Å². The highest BCUT2D eigenvalue weighted by atomic mass is 16.1. The summed E-state index contributed by atoms with van der Waals surface area (Å²) in [4.78, 5) is 25.9. The van der Waals surface area contributed by atoms with Crippen molar-refractivity contribution in [2.45, 2.75) is 26.8 Å². The van der Waals surface area contributed by atoms with Gasteiger partial charge in [-0.25, -0.2) is 9.97 Å². The molecule has 8 heteroatoms. The minimum Gasteiger partial charge on any atom is -0.344 e. The van der Waals surface area contributed by atoms with Gasteiger partial charge in [-0.15, -0.1) is 0 Å². The molecule has 31 heavy (non-hydrogen) atoms. The number of nitrogens with zero attached hydrogens (tertiary/aromatic N) is 4. The Morgan fingerprint density at radius 2 is 1.81 bits per heavy atom. The van der Waals surface area contributed by atoms with Crippen molar-refractivity contribution in [1.82, 2.24) is 30.5 Å². The number of nitrogens with one attached hydrogen (secondary N) is 3. The molecular weight excluding hydrogens is 390 g/mol. The number of aromatic amines is 1. The van der Waals surface area contributed by atoms with Gasteiger partial charge in [-0.3, -0.25) is 14.9 Å². The summed E-state index contributed by atoms with van der Waals surface area (Å²) >= 11 is 0. The molecule has 3 aromatic heterocycles. The maximum atomic E-state index is 12.6. The molecule has 3 heterocycles. The quantitative estimate of drug-likeness (QED) is 0.439. The predicted octanol–water partition coefficient (Wildman–Crippen LogP) is 4.11. The molecule has 4 aromatic rings. The van der Waals surface area contributed by atoms with Crippen LogP contribution in [0.25, 0.3) is 11.4 Å². The third-order valence-corrected chi connectivity index (χ3v) is 4.72. The lowest BCUT2D eigenvalue weighted by Gasteiger charge is -2.14. The molecule has 0 aliphatic carbocycles. The summed E-state index contributed by atoms with van der Waals surface area (Å²) in [6, 6.07) is 16.9. The molecule has 0 aliphatic heterocycles. The molecular formula is C23H23N7O. The van der Waals surface area contributed by atoms with Gasteiger partial charge in [0.25, 0.3) is 5.91 Å². The van der Waals surface area contributed by atoms with Crippen LogP contribution in [-0.2, 0) is 0 Å². The number of anilines is 2. The van der Waals surface area contributed by atoms with Crippen LogP contribution in [0, 0.1) is 13.8 Å². The fourth-order valence-electron chi connectivity index (χ4n) is 3.13. The number of hydrogen-bond donors (Lipinski definition) is 3. The summed E-state index contributed by atoms with van der Waals surface area (Å²) in [6.07, 6.45) is 1.61. The van der Waals surface area contributed by atoms with E-state index in [-0.39, 0.29) is 11.9 Å². The average Bonchev–Trinajstić information content (AvgIpc) is 3.18. The second kappa shape index (κ2) is 8.74. The van der Waals surface area contributed by atoms with Crippen molar-refractivity contribution in [2.24, 2.45) is 0 Å². The summed E-state index contributed by atoms with van der Waals surface area (Å²) in [5.41, 5.74) is 3.85. The molecule has 1 aromatic carbocycles. The van der Waals surface area contributed by atoms with Gasteiger partial charge in [-0.05, 0) is 38.5 Å². The average molecular weight is 413 g/mol. The Morgan fingerprint density at radius 3 is 2.48 bits per heavy atom. The predicted molar refractivity (Wildman–Crippen MR) is 119 cm³/mol. The first-order valence-electron chi connectivity index (χ1n) is 9.95. The third kappa shape index (κ3) is 4.92. The highest BCUT2D eigenvalue weighted by Gasteiger charge is 2.13. The van der Waals surface area contributed by atoms with Crippen molar-refractivity contribution in [3.05, 3.63) is 83.4 Å². The molecule has 8 nitrogen and oxygen atoms in total. The Morgan fingerprint density at radius 1 is 1.00 bits per heavy atom. The minimum absolute atomic E-state index is 0.116. The maximum absolute atomic E-state index is 12.6. The standard InChI is InChI=1S/C23H23N7O/c1-14-11-20(27-21-12-15(2)29-30-21)28-22(25-14)18-9-10-19(24-13-18)23(31)26-16(3)17-7-5-4-6-8-17/h4-13,16H,1-3H3,(H,26,31)(H2,25,27,28,29,30)/t16-/m1/s1. The summed E-state index contributed by atoms with van der Waals surface area (Å²) in [5.74, 6) is 1.60. The number of aryl methyl sites for hydroxylation is 2. The lowest BCUT2D eigenvalue weighted by Crippen LogP contribution is -2.27. The van der Waals surface area contributed by atoms with E-state index in [2.05, 4.69) is 35.8 Å². The van der Waals surface area contributed by atoms with Crippen molar-refractivity contribution >= 4 is 17.5 Å². The molecule has 0 unspecified atom stereocenters. The molecule has 0 saturated heterocycles. The molecule has 1 atom stereocenters. The number of rotatable bonds is 6. The maximum Gasteiger partial charge on any atom is 0.270 e. The molecule has 4 rings (SSSR count). The van der Waals surface area contributed by atoms with Crippen LogP contribution in [0.5, 0.6) is 0 Å². The molecule has 0 fully saturated rings. The highest BCUT2D eigenvalue weighted by Crippen LogP contribution is 2.20. The molecule has 3 N–H and O–H groups in total. The Labute approximate surface area is 180 Å². The van der Waals surface area contributed by atoms with Gasteiger partial charge in [-0.2, -0.15) is 5.10 Å². The number of carbonyl (C=O) groups is 1. The van der Waals surface area contributed by atoms with Gasteiger partial charge in [0.05, 0.1) is 6.04 Å². The highest BCUT2D eigenvalue weighted by molar-refractivity contribution is 5.92. The fraction of sp³-hybridized carbons (Fsp3) is 0.174. The molecule has 1 amide bonds. The summed E-state index contributed by atoms with van der Waals surface area (Å²) in [7, 11) is 0. The first-order chi connectivity index (χ1) is 15.0. The van der Waals surface area contributed by atoms with Crippen molar-refractivity contribution in [3.63, 3.8) is 0 Å². The lowest BCUT2D eigenvalue weighted by molar-refractivity contribution is 0.0935.